The van der Waals surface area contributed by atoms with E-state index in [4.69, 9.17) is 9.72 Å². The number of carbonyl (C=O) groups excluding carboxylic acids is 3. The molecule has 5 aliphatic rings. The Hall–Kier alpha value is -5.35. The van der Waals surface area contributed by atoms with Crippen LogP contribution in [0.2, 0.25) is 0 Å². The fraction of sp³-hybridized carbons (Fsp3) is 0.463. The van der Waals surface area contributed by atoms with E-state index in [1.807, 2.05) is 22.8 Å². The Balaban J connectivity index is 0.784. The van der Waals surface area contributed by atoms with E-state index in [0.717, 1.165) is 68.3 Å². The van der Waals surface area contributed by atoms with Crippen molar-refractivity contribution in [3.8, 4) is 5.75 Å². The van der Waals surface area contributed by atoms with Gasteiger partial charge < -0.3 is 19.9 Å². The number of amides is 3. The molecule has 2 N–H and O–H groups in total. The summed E-state index contributed by atoms with van der Waals surface area (Å²) in [6.45, 7) is 2.46. The Morgan fingerprint density at radius 1 is 0.842 bits per heavy atom. The number of carbonyl (C=O) groups is 3. The number of ether oxygens (including phenoxy) is 1. The van der Waals surface area contributed by atoms with Gasteiger partial charge in [-0.1, -0.05) is 18.9 Å². The Labute approximate surface area is 330 Å². The lowest BCUT2D eigenvalue weighted by Gasteiger charge is -2.34. The minimum absolute atomic E-state index is 0.0170. The van der Waals surface area contributed by atoms with Crippen molar-refractivity contribution >= 4 is 50.4 Å². The summed E-state index contributed by atoms with van der Waals surface area (Å²) in [5.74, 6) is 0.0359. The zero-order chi connectivity index (χ0) is 39.3. The second-order valence-corrected chi connectivity index (χ2v) is 17.7. The molecule has 1 saturated carbocycles. The number of piperidine rings is 3. The molecule has 1 atom stereocenters. The third kappa shape index (κ3) is 7.36. The Bertz CT molecular complexity index is 2400. The van der Waals surface area contributed by atoms with Crippen LogP contribution in [0.25, 0.3) is 11.0 Å². The molecule has 4 aromatic rings. The highest BCUT2D eigenvalue weighted by Crippen LogP contribution is 2.34. The fourth-order valence-corrected chi connectivity index (χ4v) is 10.6. The maximum Gasteiger partial charge on any atom is 0.255 e. The number of imide groups is 1. The lowest BCUT2D eigenvalue weighted by molar-refractivity contribution is -0.136. The van der Waals surface area contributed by atoms with Crippen molar-refractivity contribution in [3.63, 3.8) is 0 Å². The molecule has 15 nitrogen and oxygen atoms in total. The topological polar surface area (TPSA) is 176 Å². The fourth-order valence-electron chi connectivity index (χ4n) is 9.09. The van der Waals surface area contributed by atoms with E-state index in [1.54, 1.807) is 47.5 Å². The van der Waals surface area contributed by atoms with E-state index in [0.29, 0.717) is 61.8 Å². The van der Waals surface area contributed by atoms with Gasteiger partial charge in [-0.05, 0) is 74.1 Å². The molecule has 0 spiro atoms. The summed E-state index contributed by atoms with van der Waals surface area (Å²) in [6, 6.07) is 15.4. The van der Waals surface area contributed by atoms with E-state index in [-0.39, 0.29) is 46.9 Å². The van der Waals surface area contributed by atoms with Gasteiger partial charge in [-0.25, -0.2) is 13.4 Å². The molecule has 6 heterocycles. The molecule has 1 aliphatic carbocycles. The largest absolute Gasteiger partial charge is 0.490 e. The van der Waals surface area contributed by atoms with Gasteiger partial charge in [0.2, 0.25) is 27.8 Å². The molecule has 4 aliphatic heterocycles. The normalized spacial score (nSPS) is 21.6. The van der Waals surface area contributed by atoms with Gasteiger partial charge in [0.15, 0.2) is 0 Å². The zero-order valence-corrected chi connectivity index (χ0v) is 32.5. The number of hydrogen-bond acceptors (Lipinski definition) is 11. The maximum atomic E-state index is 13.8. The molecule has 9 rings (SSSR count). The molecule has 3 saturated heterocycles. The number of aromatic nitrogens is 3. The summed E-state index contributed by atoms with van der Waals surface area (Å²) >= 11 is 0. The van der Waals surface area contributed by atoms with Crippen LogP contribution in [0.5, 0.6) is 5.75 Å². The third-order valence-electron chi connectivity index (χ3n) is 12.2. The second-order valence-electron chi connectivity index (χ2n) is 15.8. The molecule has 4 fully saturated rings. The van der Waals surface area contributed by atoms with Gasteiger partial charge in [-0.3, -0.25) is 29.1 Å². The van der Waals surface area contributed by atoms with E-state index >= 15 is 0 Å². The second kappa shape index (κ2) is 15.2. The Morgan fingerprint density at radius 2 is 1.63 bits per heavy atom. The van der Waals surface area contributed by atoms with Crippen molar-refractivity contribution in [1.82, 2.24) is 29.1 Å². The summed E-state index contributed by atoms with van der Waals surface area (Å²) in [6.07, 6.45) is 8.95. The number of benzene rings is 2. The van der Waals surface area contributed by atoms with Crippen molar-refractivity contribution in [1.29, 1.82) is 0 Å². The molecule has 16 heteroatoms. The Kier molecular flexibility index (Phi) is 9.93. The van der Waals surface area contributed by atoms with Crippen LogP contribution in [-0.4, -0.2) is 94.2 Å². The number of hydrogen-bond donors (Lipinski definition) is 2. The molecule has 0 bridgehead atoms. The molecule has 57 heavy (non-hydrogen) atoms. The first-order valence-corrected chi connectivity index (χ1v) is 21.5. The van der Waals surface area contributed by atoms with Gasteiger partial charge in [-0.15, -0.1) is 0 Å². The van der Waals surface area contributed by atoms with Crippen molar-refractivity contribution in [2.75, 3.05) is 36.4 Å². The van der Waals surface area contributed by atoms with Crippen molar-refractivity contribution in [2.45, 2.75) is 99.9 Å². The van der Waals surface area contributed by atoms with E-state index in [9.17, 15) is 27.6 Å². The molecule has 298 valence electrons. The van der Waals surface area contributed by atoms with Crippen LogP contribution in [-0.2, 0) is 26.2 Å². The number of anilines is 2. The van der Waals surface area contributed by atoms with Gasteiger partial charge in [0, 0.05) is 99.0 Å². The van der Waals surface area contributed by atoms with Gasteiger partial charge in [0.1, 0.15) is 23.5 Å². The van der Waals surface area contributed by atoms with Gasteiger partial charge in [0.25, 0.3) is 11.5 Å². The Morgan fingerprint density at radius 3 is 2.40 bits per heavy atom. The summed E-state index contributed by atoms with van der Waals surface area (Å²) in [5.41, 5.74) is 3.03. The van der Waals surface area contributed by atoms with E-state index < -0.39 is 22.0 Å². The zero-order valence-electron chi connectivity index (χ0n) is 31.6. The van der Waals surface area contributed by atoms with Crippen LogP contribution in [0.4, 0.5) is 11.6 Å². The van der Waals surface area contributed by atoms with Gasteiger partial charge in [0.05, 0.1) is 4.90 Å². The standard InChI is InChI=1S/C41H46N8O7S/c50-36-12-11-35(39(52)44-36)48-25-27-22-30(9-10-34(27)40(48)53)46-18-16-31(17-19-46)56-32-6-3-7-33(23-32)57(54,55)47-20-14-28(15-21-47)43-41-42-24-26-8-13-37(51)49(38(26)45-41)29-4-1-2-5-29/h3,6-10,13,22-24,28-29,31,35H,1-2,4-5,11-12,14-21,25H2,(H,42,43,45)(H,44,50,52). The number of rotatable bonds is 9. The summed E-state index contributed by atoms with van der Waals surface area (Å²) in [7, 11) is -3.76. The SMILES string of the molecule is O=C1CCC(N2Cc3cc(N4CCC(Oc5cccc(S(=O)(=O)N6CCC(Nc7ncc8ccc(=O)n(C9CCCC9)c8n7)CC6)c5)CC4)ccc3C2=O)C(=O)N1. The highest BCUT2D eigenvalue weighted by Gasteiger charge is 2.39. The average Bonchev–Trinajstić information content (AvgIpc) is 3.86. The van der Waals surface area contributed by atoms with Gasteiger partial charge >= 0.3 is 0 Å². The van der Waals surface area contributed by atoms with Crippen LogP contribution >= 0.6 is 0 Å². The highest BCUT2D eigenvalue weighted by atomic mass is 32.2. The molecule has 2 aromatic carbocycles. The van der Waals surface area contributed by atoms with Gasteiger partial charge in [-0.2, -0.15) is 9.29 Å². The predicted molar refractivity (Wildman–Crippen MR) is 211 cm³/mol. The molecule has 0 radical (unpaired) electrons. The first-order valence-electron chi connectivity index (χ1n) is 20.0. The third-order valence-corrected chi connectivity index (χ3v) is 14.1. The van der Waals surface area contributed by atoms with Crippen LogP contribution in [0.1, 0.15) is 86.2 Å². The van der Waals surface area contributed by atoms with Crippen molar-refractivity contribution in [3.05, 3.63) is 82.3 Å². The number of nitrogens with one attached hydrogen (secondary N) is 2. The van der Waals surface area contributed by atoms with Crippen molar-refractivity contribution in [2.24, 2.45) is 0 Å². The quantitative estimate of drug-likeness (QED) is 0.235. The number of sulfonamides is 1. The smallest absolute Gasteiger partial charge is 0.255 e. The van der Waals surface area contributed by atoms with Crippen molar-refractivity contribution < 1.29 is 27.5 Å². The molecule has 2 aromatic heterocycles. The van der Waals surface area contributed by atoms with Crippen LogP contribution < -0.4 is 25.8 Å². The van der Waals surface area contributed by atoms with Crippen LogP contribution in [0.15, 0.2) is 70.5 Å². The lowest BCUT2D eigenvalue weighted by atomic mass is 10.0. The molecular formula is C41H46N8O7S. The minimum Gasteiger partial charge on any atom is -0.490 e. The maximum absolute atomic E-state index is 13.8. The summed E-state index contributed by atoms with van der Waals surface area (Å²) < 4.78 is 37.3. The molecule has 3 amide bonds. The average molecular weight is 795 g/mol. The lowest BCUT2D eigenvalue weighted by Crippen LogP contribution is -2.52. The summed E-state index contributed by atoms with van der Waals surface area (Å²) in [4.78, 5) is 63.3. The number of pyridine rings is 1. The first kappa shape index (κ1) is 37.2. The molecule has 1 unspecified atom stereocenters. The van der Waals surface area contributed by atoms with Crippen LogP contribution in [0, 0.1) is 0 Å². The minimum atomic E-state index is -3.76. The predicted octanol–water partition coefficient (Wildman–Crippen LogP) is 3.98. The number of nitrogens with zero attached hydrogens (tertiary/aromatic N) is 6. The monoisotopic (exact) mass is 794 g/mol. The summed E-state index contributed by atoms with van der Waals surface area (Å²) in [5, 5.41) is 6.57. The van der Waals surface area contributed by atoms with E-state index in [1.165, 1.54) is 4.31 Å². The number of fused-ring (bicyclic) bond motifs is 2. The first-order chi connectivity index (χ1) is 27.6. The van der Waals surface area contributed by atoms with E-state index in [2.05, 4.69) is 20.5 Å². The highest BCUT2D eigenvalue weighted by molar-refractivity contribution is 7.89. The van der Waals surface area contributed by atoms with Crippen LogP contribution in [0.3, 0.4) is 0 Å². The molecular weight excluding hydrogens is 749 g/mol.